The van der Waals surface area contributed by atoms with Crippen LogP contribution in [0.3, 0.4) is 0 Å². The molecule has 1 saturated heterocycles. The lowest BCUT2D eigenvalue weighted by molar-refractivity contribution is 0.0629. The van der Waals surface area contributed by atoms with Crippen LogP contribution in [0.2, 0.25) is 0 Å². The van der Waals surface area contributed by atoms with Gasteiger partial charge in [0.05, 0.1) is 6.10 Å². The molecule has 2 rings (SSSR count). The monoisotopic (exact) mass is 329 g/mol. The Balaban J connectivity index is 2.13. The van der Waals surface area contributed by atoms with Crippen molar-refractivity contribution in [3.05, 3.63) is 34.1 Å². The molecule has 4 heteroatoms. The summed E-state index contributed by atoms with van der Waals surface area (Å²) in [5.74, 6) is -0.204. The maximum atomic E-state index is 13.9. The van der Waals surface area contributed by atoms with Crippen LogP contribution in [0.4, 0.5) is 4.39 Å². The largest absolute Gasteiger partial charge is 0.372 e. The number of hydrogen-bond donors (Lipinski definition) is 1. The van der Waals surface area contributed by atoms with E-state index in [1.807, 2.05) is 0 Å². The van der Waals surface area contributed by atoms with Crippen molar-refractivity contribution < 1.29 is 9.13 Å². The highest BCUT2D eigenvalue weighted by atomic mass is 79.9. The fourth-order valence-electron chi connectivity index (χ4n) is 2.44. The van der Waals surface area contributed by atoms with E-state index >= 15 is 0 Å². The Hall–Kier alpha value is -0.450. The molecule has 2 atom stereocenters. The van der Waals surface area contributed by atoms with E-state index in [0.29, 0.717) is 24.8 Å². The first-order valence-electron chi connectivity index (χ1n) is 6.68. The molecule has 0 radical (unpaired) electrons. The highest BCUT2D eigenvalue weighted by Gasteiger charge is 2.29. The van der Waals surface area contributed by atoms with Crippen LogP contribution in [-0.2, 0) is 4.74 Å². The van der Waals surface area contributed by atoms with Crippen LogP contribution in [0.5, 0.6) is 0 Å². The quantitative estimate of drug-likeness (QED) is 0.839. The molecule has 0 aromatic heterocycles. The lowest BCUT2D eigenvalue weighted by atomic mass is 9.85. The molecule has 1 N–H and O–H groups in total. The molecular weight excluding hydrogens is 309 g/mol. The zero-order chi connectivity index (χ0) is 14.0. The van der Waals surface area contributed by atoms with Crippen LogP contribution >= 0.6 is 15.9 Å². The van der Waals surface area contributed by atoms with Crippen LogP contribution < -0.4 is 5.32 Å². The normalized spacial score (nSPS) is 25.1. The van der Waals surface area contributed by atoms with Gasteiger partial charge < -0.3 is 10.1 Å². The lowest BCUT2D eigenvalue weighted by Gasteiger charge is -2.30. The Morgan fingerprint density at radius 1 is 1.37 bits per heavy atom. The van der Waals surface area contributed by atoms with Gasteiger partial charge in [-0.25, -0.2) is 4.39 Å². The van der Waals surface area contributed by atoms with E-state index < -0.39 is 0 Å². The summed E-state index contributed by atoms with van der Waals surface area (Å²) in [5.41, 5.74) is 0.810. The molecule has 1 aromatic carbocycles. The lowest BCUT2D eigenvalue weighted by Crippen LogP contribution is -2.40. The van der Waals surface area contributed by atoms with Gasteiger partial charge >= 0.3 is 0 Å². The summed E-state index contributed by atoms with van der Waals surface area (Å²) in [7, 11) is 0. The van der Waals surface area contributed by atoms with Gasteiger partial charge in [-0.15, -0.1) is 0 Å². The van der Waals surface area contributed by atoms with Crippen molar-refractivity contribution in [2.75, 3.05) is 13.2 Å². The molecule has 0 bridgehead atoms. The number of rotatable bonds is 1. The molecule has 2 nitrogen and oxygen atoms in total. The first-order chi connectivity index (χ1) is 8.88. The van der Waals surface area contributed by atoms with Crippen molar-refractivity contribution in [3.63, 3.8) is 0 Å². The maximum absolute atomic E-state index is 13.9. The van der Waals surface area contributed by atoms with Crippen molar-refractivity contribution in [1.82, 2.24) is 5.32 Å². The van der Waals surface area contributed by atoms with Gasteiger partial charge in [0.25, 0.3) is 0 Å². The fourth-order valence-corrected chi connectivity index (χ4v) is 2.82. The average molecular weight is 330 g/mol. The molecule has 1 fully saturated rings. The summed E-state index contributed by atoms with van der Waals surface area (Å²) in [4.78, 5) is 0. The van der Waals surface area contributed by atoms with Crippen LogP contribution in [0, 0.1) is 11.2 Å². The summed E-state index contributed by atoms with van der Waals surface area (Å²) in [6.07, 6.45) is 0.736. The first-order valence-corrected chi connectivity index (χ1v) is 7.47. The topological polar surface area (TPSA) is 21.3 Å². The highest BCUT2D eigenvalue weighted by molar-refractivity contribution is 9.10. The highest BCUT2D eigenvalue weighted by Crippen LogP contribution is 2.29. The predicted molar refractivity (Wildman–Crippen MR) is 78.7 cm³/mol. The van der Waals surface area contributed by atoms with Crippen LogP contribution in [0.15, 0.2) is 22.7 Å². The molecule has 106 valence electrons. The van der Waals surface area contributed by atoms with E-state index in [0.717, 1.165) is 10.9 Å². The number of benzene rings is 1. The van der Waals surface area contributed by atoms with Crippen LogP contribution in [0.25, 0.3) is 0 Å². The van der Waals surface area contributed by atoms with E-state index in [1.54, 1.807) is 12.1 Å². The van der Waals surface area contributed by atoms with Gasteiger partial charge in [-0.3, -0.25) is 0 Å². The zero-order valence-electron chi connectivity index (χ0n) is 11.7. The Kier molecular flexibility index (Phi) is 4.64. The van der Waals surface area contributed by atoms with Gasteiger partial charge in [0.2, 0.25) is 0 Å². The Bertz CT molecular complexity index is 444. The van der Waals surface area contributed by atoms with Crippen molar-refractivity contribution in [2.24, 2.45) is 5.41 Å². The molecule has 19 heavy (non-hydrogen) atoms. The second-order valence-electron chi connectivity index (χ2n) is 6.14. The van der Waals surface area contributed by atoms with E-state index in [4.69, 9.17) is 4.74 Å². The summed E-state index contributed by atoms with van der Waals surface area (Å²) >= 11 is 3.38. The summed E-state index contributed by atoms with van der Waals surface area (Å²) in [5, 5.41) is 3.51. The molecule has 1 aromatic rings. The SMILES string of the molecule is CC(C)(C)C1CCOC(c2cc(Br)ccc2F)CN1. The van der Waals surface area contributed by atoms with E-state index in [9.17, 15) is 4.39 Å². The summed E-state index contributed by atoms with van der Waals surface area (Å²) in [6.45, 7) is 7.95. The third-order valence-corrected chi connectivity index (χ3v) is 4.12. The standard InChI is InChI=1S/C15H21BrFNO/c1-15(2,3)14-6-7-19-13(9-18-14)11-8-10(16)4-5-12(11)17/h4-5,8,13-14,18H,6-7,9H2,1-3H3. The third-order valence-electron chi connectivity index (χ3n) is 3.63. The second kappa shape index (κ2) is 5.90. The van der Waals surface area contributed by atoms with Gasteiger partial charge in [-0.2, -0.15) is 0 Å². The van der Waals surface area contributed by atoms with Crippen molar-refractivity contribution >= 4 is 15.9 Å². The molecule has 0 amide bonds. The second-order valence-corrected chi connectivity index (χ2v) is 7.06. The number of ether oxygens (including phenoxy) is 1. The van der Waals surface area contributed by atoms with E-state index in [2.05, 4.69) is 42.0 Å². The molecule has 0 aliphatic carbocycles. The average Bonchev–Trinajstić information content (AvgIpc) is 2.57. The molecule has 1 heterocycles. The molecule has 2 unspecified atom stereocenters. The minimum Gasteiger partial charge on any atom is -0.372 e. The summed E-state index contributed by atoms with van der Waals surface area (Å²) in [6, 6.07) is 5.39. The van der Waals surface area contributed by atoms with E-state index in [1.165, 1.54) is 6.07 Å². The van der Waals surface area contributed by atoms with E-state index in [-0.39, 0.29) is 17.3 Å². The molecule has 0 saturated carbocycles. The first kappa shape index (κ1) is 14.9. The van der Waals surface area contributed by atoms with Crippen LogP contribution in [-0.4, -0.2) is 19.2 Å². The minimum absolute atomic E-state index is 0.189. The Morgan fingerprint density at radius 3 is 2.79 bits per heavy atom. The smallest absolute Gasteiger partial charge is 0.129 e. The van der Waals surface area contributed by atoms with Gasteiger partial charge in [0, 0.05) is 29.2 Å². The Labute approximate surface area is 122 Å². The molecular formula is C15H21BrFNO. The van der Waals surface area contributed by atoms with Crippen molar-refractivity contribution in [3.8, 4) is 0 Å². The third kappa shape index (κ3) is 3.77. The van der Waals surface area contributed by atoms with Crippen molar-refractivity contribution in [1.29, 1.82) is 0 Å². The molecule has 1 aliphatic rings. The van der Waals surface area contributed by atoms with Gasteiger partial charge in [-0.05, 0) is 30.0 Å². The predicted octanol–water partition coefficient (Wildman–Crippen LogP) is 4.05. The number of nitrogens with one attached hydrogen (secondary N) is 1. The molecule has 0 spiro atoms. The summed E-state index contributed by atoms with van der Waals surface area (Å²) < 4.78 is 20.6. The van der Waals surface area contributed by atoms with Gasteiger partial charge in [0.1, 0.15) is 5.82 Å². The fraction of sp³-hybridized carbons (Fsp3) is 0.600. The Morgan fingerprint density at radius 2 is 2.11 bits per heavy atom. The van der Waals surface area contributed by atoms with Gasteiger partial charge in [0.15, 0.2) is 0 Å². The molecule has 1 aliphatic heterocycles. The van der Waals surface area contributed by atoms with Crippen molar-refractivity contribution in [2.45, 2.75) is 39.3 Å². The number of hydrogen-bond acceptors (Lipinski definition) is 2. The minimum atomic E-state index is -0.218. The number of halogens is 2. The van der Waals surface area contributed by atoms with Crippen LogP contribution in [0.1, 0.15) is 38.9 Å². The zero-order valence-corrected chi connectivity index (χ0v) is 13.3. The maximum Gasteiger partial charge on any atom is 0.129 e. The van der Waals surface area contributed by atoms with Gasteiger partial charge in [-0.1, -0.05) is 36.7 Å².